The highest BCUT2D eigenvalue weighted by atomic mass is 32.2. The van der Waals surface area contributed by atoms with Crippen molar-refractivity contribution in [3.63, 3.8) is 0 Å². The smallest absolute Gasteiger partial charge is 0.313 e. The molecule has 1 atom stereocenters. The molecule has 1 unspecified atom stereocenters. The van der Waals surface area contributed by atoms with Crippen LogP contribution >= 0.6 is 11.8 Å². The van der Waals surface area contributed by atoms with Gasteiger partial charge in [-0.25, -0.2) is 0 Å². The van der Waals surface area contributed by atoms with E-state index >= 15 is 0 Å². The lowest BCUT2D eigenvalue weighted by molar-refractivity contribution is -0.134. The van der Waals surface area contributed by atoms with Crippen LogP contribution in [0.5, 0.6) is 0 Å². The van der Waals surface area contributed by atoms with E-state index in [-0.39, 0.29) is 17.4 Å². The van der Waals surface area contributed by atoms with Gasteiger partial charge in [-0.2, -0.15) is 0 Å². The van der Waals surface area contributed by atoms with Crippen LogP contribution in [0.4, 0.5) is 0 Å². The fourth-order valence-electron chi connectivity index (χ4n) is 1.75. The lowest BCUT2D eigenvalue weighted by atomic mass is 9.95. The van der Waals surface area contributed by atoms with Gasteiger partial charge < -0.3 is 15.1 Å². The quantitative estimate of drug-likeness (QED) is 0.741. The number of carboxylic acids is 1. The van der Waals surface area contributed by atoms with Gasteiger partial charge in [0.2, 0.25) is 5.91 Å². The van der Waals surface area contributed by atoms with Crippen LogP contribution in [0.1, 0.15) is 19.8 Å². The third-order valence-corrected chi connectivity index (χ3v) is 3.38. The van der Waals surface area contributed by atoms with Gasteiger partial charge in [0.05, 0.1) is 17.1 Å². The lowest BCUT2D eigenvalue weighted by Gasteiger charge is -2.36. The summed E-state index contributed by atoms with van der Waals surface area (Å²) >= 11 is 1.09. The number of hydrogen-bond acceptors (Lipinski definition) is 4. The third kappa shape index (κ3) is 4.40. The van der Waals surface area contributed by atoms with Gasteiger partial charge in [-0.15, -0.1) is 11.8 Å². The standard InChI is InChI=1S/C10H17NO4S/c1-10(15)3-2-4-11(7-10)8(12)5-16-6-9(13)14/h15H,2-7H2,1H3,(H,13,14). The van der Waals surface area contributed by atoms with Crippen molar-refractivity contribution >= 4 is 23.6 Å². The molecule has 0 bridgehead atoms. The first-order valence-electron chi connectivity index (χ1n) is 5.20. The average Bonchev–Trinajstić information content (AvgIpc) is 2.15. The van der Waals surface area contributed by atoms with E-state index in [2.05, 4.69) is 0 Å². The number of carboxylic acid groups (broad SMARTS) is 1. The van der Waals surface area contributed by atoms with Crippen molar-refractivity contribution in [1.29, 1.82) is 0 Å². The fraction of sp³-hybridized carbons (Fsp3) is 0.800. The summed E-state index contributed by atoms with van der Waals surface area (Å²) in [5.74, 6) is -0.895. The molecule has 0 aromatic heterocycles. The minimum Gasteiger partial charge on any atom is -0.481 e. The van der Waals surface area contributed by atoms with Crippen molar-refractivity contribution in [2.75, 3.05) is 24.6 Å². The van der Waals surface area contributed by atoms with Crippen molar-refractivity contribution in [2.24, 2.45) is 0 Å². The molecule has 92 valence electrons. The van der Waals surface area contributed by atoms with E-state index in [1.807, 2.05) is 0 Å². The Morgan fingerprint density at radius 1 is 1.44 bits per heavy atom. The second kappa shape index (κ2) is 5.54. The van der Waals surface area contributed by atoms with Gasteiger partial charge in [0.25, 0.3) is 0 Å². The van der Waals surface area contributed by atoms with E-state index in [0.717, 1.165) is 18.2 Å². The first-order chi connectivity index (χ1) is 7.41. The van der Waals surface area contributed by atoms with E-state index in [1.165, 1.54) is 0 Å². The van der Waals surface area contributed by atoms with E-state index < -0.39 is 11.6 Å². The maximum atomic E-state index is 11.7. The molecule has 0 radical (unpaired) electrons. The minimum atomic E-state index is -0.913. The number of aliphatic carboxylic acids is 1. The maximum Gasteiger partial charge on any atom is 0.313 e. The van der Waals surface area contributed by atoms with E-state index in [0.29, 0.717) is 19.5 Å². The SMILES string of the molecule is CC1(O)CCCN(C(=O)CSCC(=O)O)C1. The Labute approximate surface area is 98.8 Å². The number of rotatable bonds is 4. The molecule has 1 aliphatic heterocycles. The second-order valence-electron chi connectivity index (χ2n) is 4.30. The molecule has 1 saturated heterocycles. The number of nitrogens with zero attached hydrogens (tertiary/aromatic N) is 1. The molecular weight excluding hydrogens is 230 g/mol. The Bertz CT molecular complexity index is 280. The van der Waals surface area contributed by atoms with Crippen LogP contribution in [-0.4, -0.2) is 57.2 Å². The summed E-state index contributed by atoms with van der Waals surface area (Å²) in [6.07, 6.45) is 1.50. The first-order valence-corrected chi connectivity index (χ1v) is 6.36. The van der Waals surface area contributed by atoms with Crippen molar-refractivity contribution in [2.45, 2.75) is 25.4 Å². The summed E-state index contributed by atoms with van der Waals surface area (Å²) < 4.78 is 0. The van der Waals surface area contributed by atoms with Gasteiger partial charge in [-0.3, -0.25) is 9.59 Å². The Hall–Kier alpha value is -0.750. The molecule has 2 N–H and O–H groups in total. The molecule has 0 aliphatic carbocycles. The first kappa shape index (κ1) is 13.3. The highest BCUT2D eigenvalue weighted by molar-refractivity contribution is 8.00. The van der Waals surface area contributed by atoms with Gasteiger partial charge in [-0.05, 0) is 19.8 Å². The number of hydrogen-bond donors (Lipinski definition) is 2. The molecule has 0 saturated carbocycles. The monoisotopic (exact) mass is 247 g/mol. The van der Waals surface area contributed by atoms with Crippen LogP contribution in [0.25, 0.3) is 0 Å². The van der Waals surface area contributed by atoms with E-state index in [9.17, 15) is 14.7 Å². The summed E-state index contributed by atoms with van der Waals surface area (Å²) in [5, 5.41) is 18.2. The Kier molecular flexibility index (Phi) is 4.61. The molecule has 1 heterocycles. The zero-order valence-electron chi connectivity index (χ0n) is 9.31. The molecule has 1 fully saturated rings. The van der Waals surface area contributed by atoms with Crippen LogP contribution < -0.4 is 0 Å². The molecule has 0 aromatic carbocycles. The van der Waals surface area contributed by atoms with E-state index in [4.69, 9.17) is 5.11 Å². The maximum absolute atomic E-state index is 11.7. The summed E-state index contributed by atoms with van der Waals surface area (Å²) in [6, 6.07) is 0. The number of carbonyl (C=O) groups excluding carboxylic acids is 1. The Morgan fingerprint density at radius 2 is 2.12 bits per heavy atom. The Balaban J connectivity index is 2.33. The summed E-state index contributed by atoms with van der Waals surface area (Å²) in [6.45, 7) is 2.72. The van der Waals surface area contributed by atoms with Crippen molar-refractivity contribution in [3.8, 4) is 0 Å². The van der Waals surface area contributed by atoms with Crippen molar-refractivity contribution in [1.82, 2.24) is 4.90 Å². The van der Waals surface area contributed by atoms with Gasteiger partial charge >= 0.3 is 5.97 Å². The van der Waals surface area contributed by atoms with Crippen LogP contribution in [0, 0.1) is 0 Å². The molecule has 0 aromatic rings. The van der Waals surface area contributed by atoms with Crippen molar-refractivity contribution in [3.05, 3.63) is 0 Å². The van der Waals surface area contributed by atoms with Gasteiger partial charge in [-0.1, -0.05) is 0 Å². The number of carbonyl (C=O) groups is 2. The van der Waals surface area contributed by atoms with Crippen LogP contribution in [0.2, 0.25) is 0 Å². The molecule has 16 heavy (non-hydrogen) atoms. The molecule has 6 heteroatoms. The predicted octanol–water partition coefficient (Wildman–Crippen LogP) is 0.178. The zero-order valence-corrected chi connectivity index (χ0v) is 10.1. The number of likely N-dealkylation sites (tertiary alicyclic amines) is 1. The minimum absolute atomic E-state index is 0.0596. The fourth-order valence-corrected chi connectivity index (χ4v) is 2.38. The number of β-amino-alcohol motifs (C(OH)–C–C–N with tert-alkyl or cyclic N) is 1. The van der Waals surface area contributed by atoms with Crippen LogP contribution in [-0.2, 0) is 9.59 Å². The molecule has 5 nitrogen and oxygen atoms in total. The number of thioether (sulfide) groups is 1. The zero-order chi connectivity index (χ0) is 12.2. The molecular formula is C10H17NO4S. The van der Waals surface area contributed by atoms with Gasteiger partial charge in [0, 0.05) is 13.1 Å². The summed E-state index contributed by atoms with van der Waals surface area (Å²) in [7, 11) is 0. The number of amides is 1. The molecule has 1 rings (SSSR count). The molecule has 1 amide bonds. The molecule has 1 aliphatic rings. The summed E-state index contributed by atoms with van der Waals surface area (Å²) in [5.41, 5.74) is -0.800. The number of aliphatic hydroxyl groups is 1. The van der Waals surface area contributed by atoms with Crippen LogP contribution in [0.15, 0.2) is 0 Å². The normalized spacial score (nSPS) is 25.5. The highest BCUT2D eigenvalue weighted by Crippen LogP contribution is 2.20. The lowest BCUT2D eigenvalue weighted by Crippen LogP contribution is -2.49. The Morgan fingerprint density at radius 3 is 2.69 bits per heavy atom. The number of piperidine rings is 1. The third-order valence-electron chi connectivity index (χ3n) is 2.48. The van der Waals surface area contributed by atoms with Crippen LogP contribution in [0.3, 0.4) is 0 Å². The molecule has 0 spiro atoms. The predicted molar refractivity (Wildman–Crippen MR) is 61.4 cm³/mol. The van der Waals surface area contributed by atoms with Gasteiger partial charge in [0.1, 0.15) is 0 Å². The largest absolute Gasteiger partial charge is 0.481 e. The topological polar surface area (TPSA) is 77.8 Å². The van der Waals surface area contributed by atoms with E-state index in [1.54, 1.807) is 11.8 Å². The van der Waals surface area contributed by atoms with Gasteiger partial charge in [0.15, 0.2) is 0 Å². The van der Waals surface area contributed by atoms with Crippen molar-refractivity contribution < 1.29 is 19.8 Å². The summed E-state index contributed by atoms with van der Waals surface area (Å²) in [4.78, 5) is 23.6. The second-order valence-corrected chi connectivity index (χ2v) is 5.29. The average molecular weight is 247 g/mol. The highest BCUT2D eigenvalue weighted by Gasteiger charge is 2.30.